The summed E-state index contributed by atoms with van der Waals surface area (Å²) in [4.78, 5) is 18.2. The smallest absolute Gasteiger partial charge is 0.282 e. The van der Waals surface area contributed by atoms with Crippen molar-refractivity contribution in [1.29, 1.82) is 0 Å². The standard InChI is InChI=1S/C32H28Br2ClN3O3/c1-3-5-13-28-37-26-15-14-23(33)17-25(26)32(39)38(28)36-18-22-16-27(40-4-2)31(30(35)29(22)34)41-19-21-11-8-10-20-9-6-7-12-24(20)21/h6-12,14-18H,3-5,13,19H2,1-2H3. The van der Waals surface area contributed by atoms with E-state index in [-0.39, 0.29) is 5.56 Å². The number of benzene rings is 4. The maximum atomic E-state index is 13.5. The first-order valence-electron chi connectivity index (χ1n) is 13.4. The maximum absolute atomic E-state index is 13.5. The van der Waals surface area contributed by atoms with Gasteiger partial charge in [-0.2, -0.15) is 9.78 Å². The molecule has 0 unspecified atom stereocenters. The lowest BCUT2D eigenvalue weighted by molar-refractivity contribution is 0.270. The van der Waals surface area contributed by atoms with Crippen LogP contribution in [0.5, 0.6) is 11.5 Å². The minimum Gasteiger partial charge on any atom is -0.490 e. The van der Waals surface area contributed by atoms with Crippen molar-refractivity contribution in [3.63, 3.8) is 0 Å². The number of nitrogens with zero attached hydrogens (tertiary/aromatic N) is 3. The van der Waals surface area contributed by atoms with Gasteiger partial charge in [-0.15, -0.1) is 0 Å². The fraction of sp³-hybridized carbons (Fsp3) is 0.219. The van der Waals surface area contributed by atoms with Gasteiger partial charge in [0.05, 0.1) is 23.7 Å². The third-order valence-electron chi connectivity index (χ3n) is 6.65. The summed E-state index contributed by atoms with van der Waals surface area (Å²) in [6.45, 7) is 4.73. The predicted molar refractivity (Wildman–Crippen MR) is 174 cm³/mol. The summed E-state index contributed by atoms with van der Waals surface area (Å²) in [5.41, 5.74) is 2.09. The van der Waals surface area contributed by atoms with Crippen LogP contribution < -0.4 is 15.0 Å². The number of hydrogen-bond acceptors (Lipinski definition) is 5. The van der Waals surface area contributed by atoms with E-state index in [1.165, 1.54) is 4.68 Å². The van der Waals surface area contributed by atoms with E-state index < -0.39 is 0 Å². The highest BCUT2D eigenvalue weighted by atomic mass is 79.9. The second-order valence-corrected chi connectivity index (χ2v) is 11.5. The van der Waals surface area contributed by atoms with Crippen molar-refractivity contribution in [3.05, 3.63) is 108 Å². The molecule has 1 heterocycles. The van der Waals surface area contributed by atoms with Crippen molar-refractivity contribution >= 4 is 71.4 Å². The minimum atomic E-state index is -0.235. The molecule has 0 aliphatic rings. The van der Waals surface area contributed by atoms with Crippen molar-refractivity contribution in [1.82, 2.24) is 9.66 Å². The SMILES string of the molecule is CCCCc1nc2ccc(Br)cc2c(=O)n1N=Cc1cc(OCC)c(OCc2cccc3ccccc23)c(Cl)c1Br. The fourth-order valence-corrected chi connectivity index (χ4v) is 5.61. The minimum absolute atomic E-state index is 0.235. The second kappa shape index (κ2) is 13.2. The summed E-state index contributed by atoms with van der Waals surface area (Å²) in [6, 6.07) is 21.6. The first kappa shape index (κ1) is 29.3. The highest BCUT2D eigenvalue weighted by Gasteiger charge is 2.19. The Balaban J connectivity index is 1.52. The van der Waals surface area contributed by atoms with Gasteiger partial charge in [0, 0.05) is 20.9 Å². The van der Waals surface area contributed by atoms with E-state index >= 15 is 0 Å². The lowest BCUT2D eigenvalue weighted by Gasteiger charge is -2.17. The molecule has 6 nitrogen and oxygen atoms in total. The monoisotopic (exact) mass is 695 g/mol. The van der Waals surface area contributed by atoms with Crippen molar-refractivity contribution in [2.45, 2.75) is 39.7 Å². The van der Waals surface area contributed by atoms with Crippen molar-refractivity contribution in [2.24, 2.45) is 5.10 Å². The number of hydrogen-bond donors (Lipinski definition) is 0. The highest BCUT2D eigenvalue weighted by molar-refractivity contribution is 9.10. The van der Waals surface area contributed by atoms with Gasteiger partial charge >= 0.3 is 0 Å². The topological polar surface area (TPSA) is 65.7 Å². The molecule has 41 heavy (non-hydrogen) atoms. The fourth-order valence-electron chi connectivity index (χ4n) is 4.59. The first-order chi connectivity index (χ1) is 19.9. The molecule has 9 heteroatoms. The van der Waals surface area contributed by atoms with E-state index in [1.54, 1.807) is 12.3 Å². The molecule has 0 aliphatic heterocycles. The van der Waals surface area contributed by atoms with Crippen molar-refractivity contribution in [2.75, 3.05) is 6.61 Å². The molecule has 5 rings (SSSR count). The van der Waals surface area contributed by atoms with Crippen LogP contribution >= 0.6 is 43.5 Å². The molecule has 4 aromatic carbocycles. The largest absolute Gasteiger partial charge is 0.490 e. The molecule has 5 aromatic rings. The van der Waals surface area contributed by atoms with Gasteiger partial charge in [-0.3, -0.25) is 4.79 Å². The van der Waals surface area contributed by atoms with Gasteiger partial charge < -0.3 is 9.47 Å². The number of ether oxygens (including phenoxy) is 2. The van der Waals surface area contributed by atoms with Gasteiger partial charge in [0.25, 0.3) is 5.56 Å². The van der Waals surface area contributed by atoms with Crippen LogP contribution in [0.15, 0.2) is 85.6 Å². The Hall–Kier alpha value is -3.20. The van der Waals surface area contributed by atoms with Crippen LogP contribution in [0.25, 0.3) is 21.7 Å². The summed E-state index contributed by atoms with van der Waals surface area (Å²) in [5.74, 6) is 1.52. The molecule has 0 saturated carbocycles. The van der Waals surface area contributed by atoms with E-state index in [2.05, 4.69) is 62.1 Å². The average Bonchev–Trinajstić information content (AvgIpc) is 2.98. The lowest BCUT2D eigenvalue weighted by atomic mass is 10.1. The summed E-state index contributed by atoms with van der Waals surface area (Å²) in [6.07, 6.45) is 4.07. The Morgan fingerprint density at radius 1 is 1.00 bits per heavy atom. The Labute approximate surface area is 260 Å². The molecule has 1 aromatic heterocycles. The third kappa shape index (κ3) is 6.35. The molecule has 0 aliphatic carbocycles. The molecule has 210 valence electrons. The van der Waals surface area contributed by atoms with Gasteiger partial charge in [-0.05, 0) is 69.9 Å². The number of aryl methyl sites for hydroxylation is 1. The number of unbranched alkanes of at least 4 members (excludes halogenated alkanes) is 1. The Kier molecular flexibility index (Phi) is 9.42. The number of fused-ring (bicyclic) bond motifs is 2. The van der Waals surface area contributed by atoms with Crippen LogP contribution in [0.3, 0.4) is 0 Å². The van der Waals surface area contributed by atoms with Crippen LogP contribution in [0.1, 0.15) is 43.6 Å². The Bertz CT molecular complexity index is 1820. The summed E-state index contributed by atoms with van der Waals surface area (Å²) < 4.78 is 14.9. The van der Waals surface area contributed by atoms with E-state index in [0.29, 0.717) is 62.9 Å². The van der Waals surface area contributed by atoms with Crippen LogP contribution in [0.4, 0.5) is 0 Å². The van der Waals surface area contributed by atoms with E-state index in [1.807, 2.05) is 49.4 Å². The van der Waals surface area contributed by atoms with Crippen molar-refractivity contribution < 1.29 is 9.47 Å². The van der Waals surface area contributed by atoms with Crippen LogP contribution in [0, 0.1) is 0 Å². The van der Waals surface area contributed by atoms with E-state index in [9.17, 15) is 4.79 Å². The van der Waals surface area contributed by atoms with E-state index in [4.69, 9.17) is 26.1 Å². The second-order valence-electron chi connectivity index (χ2n) is 9.44. The van der Waals surface area contributed by atoms with Crippen LogP contribution in [0.2, 0.25) is 5.02 Å². The quantitative estimate of drug-likeness (QED) is 0.137. The average molecular weight is 698 g/mol. The Morgan fingerprint density at radius 2 is 1.80 bits per heavy atom. The van der Waals surface area contributed by atoms with E-state index in [0.717, 1.165) is 33.7 Å². The molecule has 0 amide bonds. The van der Waals surface area contributed by atoms with Gasteiger partial charge in [-0.1, -0.05) is 83.3 Å². The lowest BCUT2D eigenvalue weighted by Crippen LogP contribution is -2.22. The number of aromatic nitrogens is 2. The molecule has 0 spiro atoms. The van der Waals surface area contributed by atoms with Gasteiger partial charge in [0.1, 0.15) is 17.5 Å². The van der Waals surface area contributed by atoms with Gasteiger partial charge in [0.2, 0.25) is 0 Å². The summed E-state index contributed by atoms with van der Waals surface area (Å²) in [5, 5.41) is 7.69. The predicted octanol–water partition coefficient (Wildman–Crippen LogP) is 8.93. The number of halogens is 3. The Morgan fingerprint density at radius 3 is 2.61 bits per heavy atom. The zero-order valence-corrected chi connectivity index (χ0v) is 26.6. The molecule has 0 atom stereocenters. The molecular weight excluding hydrogens is 670 g/mol. The molecule has 0 fully saturated rings. The zero-order chi connectivity index (χ0) is 28.9. The summed E-state index contributed by atoms with van der Waals surface area (Å²) >= 11 is 13.9. The van der Waals surface area contributed by atoms with Crippen LogP contribution in [-0.2, 0) is 13.0 Å². The molecule has 0 saturated heterocycles. The highest BCUT2D eigenvalue weighted by Crippen LogP contribution is 2.43. The molecular formula is C32H28Br2ClN3O3. The maximum Gasteiger partial charge on any atom is 0.282 e. The normalized spacial score (nSPS) is 11.5. The molecule has 0 bridgehead atoms. The molecule has 0 N–H and O–H groups in total. The van der Waals surface area contributed by atoms with Gasteiger partial charge in [-0.25, -0.2) is 4.98 Å². The van der Waals surface area contributed by atoms with Gasteiger partial charge in [0.15, 0.2) is 11.5 Å². The first-order valence-corrected chi connectivity index (χ1v) is 15.4. The summed E-state index contributed by atoms with van der Waals surface area (Å²) in [7, 11) is 0. The number of rotatable bonds is 10. The third-order valence-corrected chi connectivity index (χ3v) is 8.59. The molecule has 0 radical (unpaired) electrons. The van der Waals surface area contributed by atoms with Crippen molar-refractivity contribution in [3.8, 4) is 11.5 Å². The zero-order valence-electron chi connectivity index (χ0n) is 22.7. The van der Waals surface area contributed by atoms with Crippen LogP contribution in [-0.4, -0.2) is 22.5 Å².